The van der Waals surface area contributed by atoms with Crippen LogP contribution in [0.5, 0.6) is 0 Å². The van der Waals surface area contributed by atoms with Crippen LogP contribution in [0.2, 0.25) is 0 Å². The van der Waals surface area contributed by atoms with Crippen LogP contribution in [0, 0.1) is 51.2 Å². The van der Waals surface area contributed by atoms with Crippen molar-refractivity contribution in [2.45, 2.75) is 104 Å². The van der Waals surface area contributed by atoms with E-state index in [9.17, 15) is 10.2 Å². The van der Waals surface area contributed by atoms with E-state index >= 15 is 0 Å². The predicted molar refractivity (Wildman–Crippen MR) is 114 cm³/mol. The second kappa shape index (κ2) is 6.22. The van der Waals surface area contributed by atoms with Crippen LogP contribution < -0.4 is 0 Å². The fraction of sp³-hybridized carbons (Fsp3) is 1.00. The Kier molecular flexibility index (Phi) is 4.41. The molecule has 0 amide bonds. The second-order valence-corrected chi connectivity index (χ2v) is 12.7. The van der Waals surface area contributed by atoms with Crippen molar-refractivity contribution in [1.82, 2.24) is 0 Å². The Hall–Kier alpha value is -0.0800. The van der Waals surface area contributed by atoms with Crippen LogP contribution in [-0.2, 0) is 0 Å². The summed E-state index contributed by atoms with van der Waals surface area (Å²) in [5.41, 5.74) is 1.56. The van der Waals surface area contributed by atoms with Gasteiger partial charge in [-0.25, -0.2) is 0 Å². The molecule has 5 saturated carbocycles. The summed E-state index contributed by atoms with van der Waals surface area (Å²) in [4.78, 5) is 0. The van der Waals surface area contributed by atoms with E-state index in [1.807, 2.05) is 0 Å². The normalized spacial score (nSPS) is 61.1. The van der Waals surface area contributed by atoms with Gasteiger partial charge in [0.25, 0.3) is 0 Å². The molecular weight excluding hydrogens is 344 g/mol. The van der Waals surface area contributed by atoms with Crippen molar-refractivity contribution in [1.29, 1.82) is 0 Å². The summed E-state index contributed by atoms with van der Waals surface area (Å²) in [7, 11) is 0. The summed E-state index contributed by atoms with van der Waals surface area (Å²) in [6.45, 7) is 10.7. The van der Waals surface area contributed by atoms with Gasteiger partial charge in [-0.15, -0.1) is 0 Å². The number of aliphatic hydroxyl groups is 2. The molecule has 2 nitrogen and oxygen atoms in total. The molecule has 0 aromatic heterocycles. The Morgan fingerprint density at radius 3 is 2.29 bits per heavy atom. The highest BCUT2D eigenvalue weighted by Gasteiger charge is 2.68. The molecule has 0 aromatic rings. The van der Waals surface area contributed by atoms with Crippen LogP contribution >= 0.6 is 0 Å². The molecule has 5 fully saturated rings. The molecule has 0 bridgehead atoms. The fourth-order valence-corrected chi connectivity index (χ4v) is 10.6. The number of rotatable bonds is 1. The molecule has 0 saturated heterocycles. The molecule has 2 heteroatoms. The Morgan fingerprint density at radius 2 is 1.54 bits per heavy atom. The van der Waals surface area contributed by atoms with Gasteiger partial charge >= 0.3 is 0 Å². The zero-order chi connectivity index (χ0) is 19.9. The van der Waals surface area contributed by atoms with E-state index in [1.54, 1.807) is 0 Å². The molecule has 10 atom stereocenters. The van der Waals surface area contributed by atoms with E-state index in [2.05, 4.69) is 27.7 Å². The van der Waals surface area contributed by atoms with Crippen molar-refractivity contribution in [3.8, 4) is 0 Å². The first-order valence-electron chi connectivity index (χ1n) is 12.5. The second-order valence-electron chi connectivity index (χ2n) is 12.7. The van der Waals surface area contributed by atoms with Gasteiger partial charge in [0, 0.05) is 6.61 Å². The standard InChI is InChI=1S/C26H44O2/c1-17-18-9-13-25(4)22(23(18,2)12-10-21(17)28)8-7-19-20-6-5-11-26(20,16-27)15-14-24(19,25)3/h17-22,27-28H,5-16H2,1-4H3/t17-,18?,19?,20?,21-,22?,23-,24+,25+,26+/m0/s1. The first-order valence-corrected chi connectivity index (χ1v) is 12.5. The molecule has 4 unspecified atom stereocenters. The van der Waals surface area contributed by atoms with Gasteiger partial charge in [0.2, 0.25) is 0 Å². The maximum Gasteiger partial charge on any atom is 0.0568 e. The maximum atomic E-state index is 10.6. The minimum absolute atomic E-state index is 0.0762. The monoisotopic (exact) mass is 388 g/mol. The van der Waals surface area contributed by atoms with Crippen molar-refractivity contribution in [3.05, 3.63) is 0 Å². The average molecular weight is 389 g/mol. The topological polar surface area (TPSA) is 40.5 Å². The molecule has 0 heterocycles. The van der Waals surface area contributed by atoms with E-state index in [0.717, 1.165) is 24.2 Å². The number of hydrogen-bond acceptors (Lipinski definition) is 2. The molecule has 0 radical (unpaired) electrons. The number of hydrogen-bond donors (Lipinski definition) is 2. The van der Waals surface area contributed by atoms with E-state index in [1.165, 1.54) is 64.2 Å². The molecule has 0 aromatic carbocycles. The first-order chi connectivity index (χ1) is 13.2. The third kappa shape index (κ3) is 2.23. The highest BCUT2D eigenvalue weighted by Crippen LogP contribution is 2.75. The highest BCUT2D eigenvalue weighted by molar-refractivity contribution is 5.17. The molecule has 2 N–H and O–H groups in total. The summed E-state index contributed by atoms with van der Waals surface area (Å²) < 4.78 is 0. The lowest BCUT2D eigenvalue weighted by molar-refractivity contribution is -0.235. The Bertz CT molecular complexity index is 632. The smallest absolute Gasteiger partial charge is 0.0568 e. The van der Waals surface area contributed by atoms with Gasteiger partial charge in [-0.3, -0.25) is 0 Å². The Morgan fingerprint density at radius 1 is 0.750 bits per heavy atom. The van der Waals surface area contributed by atoms with E-state index in [0.29, 0.717) is 34.7 Å². The van der Waals surface area contributed by atoms with Gasteiger partial charge in [0.05, 0.1) is 6.10 Å². The number of fused-ring (bicyclic) bond motifs is 7. The average Bonchev–Trinajstić information content (AvgIpc) is 3.10. The Labute approximate surface area is 172 Å². The summed E-state index contributed by atoms with van der Waals surface area (Å²) in [6, 6.07) is 0. The predicted octanol–water partition coefficient (Wildman–Crippen LogP) is 5.80. The third-order valence-corrected chi connectivity index (χ3v) is 12.4. The van der Waals surface area contributed by atoms with Crippen LogP contribution in [0.3, 0.4) is 0 Å². The van der Waals surface area contributed by atoms with E-state index in [4.69, 9.17) is 0 Å². The van der Waals surface area contributed by atoms with Crippen molar-refractivity contribution >= 4 is 0 Å². The van der Waals surface area contributed by atoms with Gasteiger partial charge in [0.15, 0.2) is 0 Å². The van der Waals surface area contributed by atoms with Crippen molar-refractivity contribution in [3.63, 3.8) is 0 Å². The zero-order valence-corrected chi connectivity index (χ0v) is 18.8. The van der Waals surface area contributed by atoms with Crippen LogP contribution in [0.1, 0.15) is 98.3 Å². The Balaban J connectivity index is 1.51. The number of aliphatic hydroxyl groups excluding tert-OH is 2. The SMILES string of the molecule is C[C@H]1C2CC[C@]3(C)C(CCC4C5CCC[C@]5(CO)CC[C@]43C)[C@@]2(C)CC[C@@H]1O. The molecule has 0 spiro atoms. The highest BCUT2D eigenvalue weighted by atomic mass is 16.3. The molecule has 28 heavy (non-hydrogen) atoms. The van der Waals surface area contributed by atoms with Crippen LogP contribution in [0.15, 0.2) is 0 Å². The fourth-order valence-electron chi connectivity index (χ4n) is 10.6. The molecular formula is C26H44O2. The van der Waals surface area contributed by atoms with Crippen molar-refractivity contribution < 1.29 is 10.2 Å². The van der Waals surface area contributed by atoms with Gasteiger partial charge < -0.3 is 10.2 Å². The van der Waals surface area contributed by atoms with Gasteiger partial charge in [-0.05, 0) is 115 Å². The van der Waals surface area contributed by atoms with Crippen LogP contribution in [-0.4, -0.2) is 22.9 Å². The van der Waals surface area contributed by atoms with Gasteiger partial charge in [-0.1, -0.05) is 34.1 Å². The molecule has 5 aliphatic carbocycles. The molecule has 5 aliphatic rings. The maximum absolute atomic E-state index is 10.6. The summed E-state index contributed by atoms with van der Waals surface area (Å²) in [5.74, 6) is 3.59. The van der Waals surface area contributed by atoms with Gasteiger partial charge in [0.1, 0.15) is 0 Å². The summed E-state index contributed by atoms with van der Waals surface area (Å²) in [5, 5.41) is 20.9. The van der Waals surface area contributed by atoms with E-state index in [-0.39, 0.29) is 11.5 Å². The summed E-state index contributed by atoms with van der Waals surface area (Å²) >= 11 is 0. The van der Waals surface area contributed by atoms with Crippen molar-refractivity contribution in [2.75, 3.05) is 6.61 Å². The minimum Gasteiger partial charge on any atom is -0.396 e. The zero-order valence-electron chi connectivity index (χ0n) is 18.8. The third-order valence-electron chi connectivity index (χ3n) is 12.4. The largest absolute Gasteiger partial charge is 0.396 e. The van der Waals surface area contributed by atoms with E-state index < -0.39 is 0 Å². The quantitative estimate of drug-likeness (QED) is 0.595. The van der Waals surface area contributed by atoms with Crippen molar-refractivity contribution in [2.24, 2.45) is 51.2 Å². The molecule has 5 rings (SSSR count). The lowest BCUT2D eigenvalue weighted by Gasteiger charge is -2.71. The van der Waals surface area contributed by atoms with Crippen LogP contribution in [0.4, 0.5) is 0 Å². The lowest BCUT2D eigenvalue weighted by atomic mass is 9.33. The minimum atomic E-state index is -0.0762. The first kappa shape index (κ1) is 19.9. The molecule has 0 aliphatic heterocycles. The summed E-state index contributed by atoms with van der Waals surface area (Å²) in [6.07, 6.45) is 14.2. The lowest BCUT2D eigenvalue weighted by Crippen LogP contribution is -2.65. The van der Waals surface area contributed by atoms with Gasteiger partial charge in [-0.2, -0.15) is 0 Å². The molecule has 160 valence electrons. The van der Waals surface area contributed by atoms with Crippen LogP contribution in [0.25, 0.3) is 0 Å².